The molecular weight excluding hydrogens is 336 g/mol. The number of hydrogen-bond donors (Lipinski definition) is 3. The van der Waals surface area contributed by atoms with Gasteiger partial charge >= 0.3 is 6.61 Å². The average Bonchev–Trinajstić information content (AvgIpc) is 2.54. The fraction of sp³-hybridized carbons (Fsp3) is 0.125. The van der Waals surface area contributed by atoms with Crippen LogP contribution in [0.3, 0.4) is 0 Å². The Balaban J connectivity index is 1.82. The van der Waals surface area contributed by atoms with Gasteiger partial charge in [0, 0.05) is 11.3 Å². The summed E-state index contributed by atoms with van der Waals surface area (Å²) in [4.78, 5) is 11.9. The molecule has 0 heterocycles. The van der Waals surface area contributed by atoms with Crippen molar-refractivity contribution in [2.24, 2.45) is 0 Å². The van der Waals surface area contributed by atoms with Crippen LogP contribution >= 0.6 is 12.2 Å². The van der Waals surface area contributed by atoms with Crippen molar-refractivity contribution >= 4 is 28.9 Å². The summed E-state index contributed by atoms with van der Waals surface area (Å²) in [7, 11) is 0. The molecule has 24 heavy (non-hydrogen) atoms. The Labute approximate surface area is 143 Å². The SMILES string of the molecule is Cc1ccc(C(=O)NNC(=S)Nc2ccc(OC(F)F)cc2)cc1. The van der Waals surface area contributed by atoms with Crippen molar-refractivity contribution in [1.29, 1.82) is 0 Å². The van der Waals surface area contributed by atoms with Crippen LogP contribution in [0.25, 0.3) is 0 Å². The molecule has 0 aromatic heterocycles. The lowest BCUT2D eigenvalue weighted by Gasteiger charge is -2.12. The molecule has 0 spiro atoms. The lowest BCUT2D eigenvalue weighted by atomic mass is 10.1. The van der Waals surface area contributed by atoms with Gasteiger partial charge in [0.05, 0.1) is 0 Å². The summed E-state index contributed by atoms with van der Waals surface area (Å²) < 4.78 is 28.4. The van der Waals surface area contributed by atoms with Crippen molar-refractivity contribution in [3.8, 4) is 5.75 Å². The standard InChI is InChI=1S/C16H15F2N3O2S/c1-10-2-4-11(5-3-10)14(22)20-21-16(24)19-12-6-8-13(9-7-12)23-15(17)18/h2-9,15H,1H3,(H,20,22)(H2,19,21,24). The molecule has 0 unspecified atom stereocenters. The summed E-state index contributed by atoms with van der Waals surface area (Å²) in [6, 6.07) is 12.9. The maximum atomic E-state index is 12.1. The quantitative estimate of drug-likeness (QED) is 0.583. The monoisotopic (exact) mass is 351 g/mol. The first-order valence-electron chi connectivity index (χ1n) is 6.93. The summed E-state index contributed by atoms with van der Waals surface area (Å²) in [5.41, 5.74) is 7.12. The fourth-order valence-electron chi connectivity index (χ4n) is 1.77. The number of carbonyl (C=O) groups is 1. The van der Waals surface area contributed by atoms with Crippen molar-refractivity contribution in [2.45, 2.75) is 13.5 Å². The van der Waals surface area contributed by atoms with E-state index in [2.05, 4.69) is 20.9 Å². The molecule has 0 radical (unpaired) electrons. The van der Waals surface area contributed by atoms with Crippen molar-refractivity contribution < 1.29 is 18.3 Å². The molecule has 5 nitrogen and oxygen atoms in total. The molecular formula is C16H15F2N3O2S. The molecule has 0 saturated heterocycles. The van der Waals surface area contributed by atoms with Gasteiger partial charge in [-0.25, -0.2) is 0 Å². The lowest BCUT2D eigenvalue weighted by molar-refractivity contribution is -0.0498. The predicted octanol–water partition coefficient (Wildman–Crippen LogP) is 3.23. The second kappa shape index (κ2) is 8.21. The van der Waals surface area contributed by atoms with Gasteiger partial charge in [0.25, 0.3) is 5.91 Å². The van der Waals surface area contributed by atoms with E-state index < -0.39 is 6.61 Å². The molecule has 0 atom stereocenters. The van der Waals surface area contributed by atoms with E-state index in [1.165, 1.54) is 24.3 Å². The molecule has 1 amide bonds. The third-order valence-corrected chi connectivity index (χ3v) is 3.14. The second-order valence-electron chi connectivity index (χ2n) is 4.80. The Bertz CT molecular complexity index is 706. The molecule has 2 rings (SSSR count). The lowest BCUT2D eigenvalue weighted by Crippen LogP contribution is -2.43. The average molecular weight is 351 g/mol. The third-order valence-electron chi connectivity index (χ3n) is 2.94. The number of carbonyl (C=O) groups excluding carboxylic acids is 1. The van der Waals surface area contributed by atoms with Crippen molar-refractivity contribution in [2.75, 3.05) is 5.32 Å². The van der Waals surface area contributed by atoms with Crippen LogP contribution in [0.5, 0.6) is 5.75 Å². The van der Waals surface area contributed by atoms with Gasteiger partial charge < -0.3 is 10.1 Å². The highest BCUT2D eigenvalue weighted by atomic mass is 32.1. The molecule has 0 fully saturated rings. The van der Waals surface area contributed by atoms with Crippen LogP contribution in [0.1, 0.15) is 15.9 Å². The molecule has 0 bridgehead atoms. The van der Waals surface area contributed by atoms with Gasteiger partial charge in [-0.1, -0.05) is 17.7 Å². The molecule has 0 saturated carbocycles. The zero-order valence-electron chi connectivity index (χ0n) is 12.7. The number of hydrazine groups is 1. The number of nitrogens with one attached hydrogen (secondary N) is 3. The Morgan fingerprint density at radius 3 is 2.25 bits per heavy atom. The number of thiocarbonyl (C=S) groups is 1. The number of ether oxygens (including phenoxy) is 1. The highest BCUT2D eigenvalue weighted by molar-refractivity contribution is 7.80. The first-order valence-corrected chi connectivity index (χ1v) is 7.34. The van der Waals surface area contributed by atoms with E-state index >= 15 is 0 Å². The van der Waals surface area contributed by atoms with Crippen LogP contribution in [0.15, 0.2) is 48.5 Å². The molecule has 126 valence electrons. The second-order valence-corrected chi connectivity index (χ2v) is 5.21. The number of amides is 1. The van der Waals surface area contributed by atoms with Gasteiger partial charge in [-0.05, 0) is 55.5 Å². The van der Waals surface area contributed by atoms with Crippen LogP contribution in [0.2, 0.25) is 0 Å². The minimum atomic E-state index is -2.87. The smallest absolute Gasteiger partial charge is 0.387 e. The van der Waals surface area contributed by atoms with Crippen molar-refractivity contribution in [1.82, 2.24) is 10.9 Å². The molecule has 2 aromatic rings. The van der Waals surface area contributed by atoms with E-state index in [1.54, 1.807) is 12.1 Å². The highest BCUT2D eigenvalue weighted by Gasteiger charge is 2.06. The zero-order chi connectivity index (χ0) is 17.5. The Hall–Kier alpha value is -2.74. The van der Waals surface area contributed by atoms with E-state index in [0.717, 1.165) is 5.56 Å². The number of rotatable bonds is 4. The van der Waals surface area contributed by atoms with E-state index in [4.69, 9.17) is 12.2 Å². The molecule has 3 N–H and O–H groups in total. The van der Waals surface area contributed by atoms with Gasteiger partial charge in [0.15, 0.2) is 5.11 Å². The predicted molar refractivity (Wildman–Crippen MR) is 91.1 cm³/mol. The van der Waals surface area contributed by atoms with Crippen LogP contribution in [0, 0.1) is 6.92 Å². The molecule has 0 aliphatic carbocycles. The highest BCUT2D eigenvalue weighted by Crippen LogP contribution is 2.17. The van der Waals surface area contributed by atoms with Crippen LogP contribution in [-0.4, -0.2) is 17.6 Å². The first kappa shape index (κ1) is 17.6. The summed E-state index contributed by atoms with van der Waals surface area (Å²) >= 11 is 5.04. The van der Waals surface area contributed by atoms with E-state index in [1.807, 2.05) is 19.1 Å². The van der Waals surface area contributed by atoms with Crippen LogP contribution in [0.4, 0.5) is 14.5 Å². The van der Waals surface area contributed by atoms with Crippen LogP contribution < -0.4 is 20.9 Å². The molecule has 2 aromatic carbocycles. The fourth-order valence-corrected chi connectivity index (χ4v) is 1.94. The molecule has 0 aliphatic rings. The summed E-state index contributed by atoms with van der Waals surface area (Å²) in [6.45, 7) is -0.945. The number of hydrogen-bond acceptors (Lipinski definition) is 3. The molecule has 0 aliphatic heterocycles. The minimum absolute atomic E-state index is 0.0436. The zero-order valence-corrected chi connectivity index (χ0v) is 13.5. The Morgan fingerprint density at radius 2 is 1.67 bits per heavy atom. The number of benzene rings is 2. The van der Waals surface area contributed by atoms with E-state index in [-0.39, 0.29) is 16.8 Å². The van der Waals surface area contributed by atoms with Gasteiger partial charge in [-0.15, -0.1) is 0 Å². The van der Waals surface area contributed by atoms with Gasteiger partial charge in [0.2, 0.25) is 0 Å². The number of anilines is 1. The first-order chi connectivity index (χ1) is 11.4. The van der Waals surface area contributed by atoms with Gasteiger partial charge in [-0.3, -0.25) is 15.6 Å². The van der Waals surface area contributed by atoms with Crippen LogP contribution in [-0.2, 0) is 0 Å². The van der Waals surface area contributed by atoms with Gasteiger partial charge in [-0.2, -0.15) is 8.78 Å². The summed E-state index contributed by atoms with van der Waals surface area (Å²) in [5.74, 6) is -0.290. The maximum absolute atomic E-state index is 12.1. The molecule has 8 heteroatoms. The number of alkyl halides is 2. The van der Waals surface area contributed by atoms with Gasteiger partial charge in [0.1, 0.15) is 5.75 Å². The normalized spacial score (nSPS) is 10.2. The topological polar surface area (TPSA) is 62.4 Å². The Kier molecular flexibility index (Phi) is 6.02. The third kappa shape index (κ3) is 5.47. The summed E-state index contributed by atoms with van der Waals surface area (Å²) in [6.07, 6.45) is 0. The largest absolute Gasteiger partial charge is 0.435 e. The summed E-state index contributed by atoms with van der Waals surface area (Å²) in [5, 5.41) is 2.95. The van der Waals surface area contributed by atoms with Crippen molar-refractivity contribution in [3.05, 3.63) is 59.7 Å². The van der Waals surface area contributed by atoms with E-state index in [0.29, 0.717) is 11.3 Å². The minimum Gasteiger partial charge on any atom is -0.435 e. The number of aryl methyl sites for hydroxylation is 1. The Morgan fingerprint density at radius 1 is 1.04 bits per heavy atom. The number of halogens is 2. The van der Waals surface area contributed by atoms with E-state index in [9.17, 15) is 13.6 Å². The van der Waals surface area contributed by atoms with Crippen molar-refractivity contribution in [3.63, 3.8) is 0 Å². The maximum Gasteiger partial charge on any atom is 0.387 e.